The van der Waals surface area contributed by atoms with Gasteiger partial charge in [0.05, 0.1) is 13.2 Å². The highest BCUT2D eigenvalue weighted by molar-refractivity contribution is 5.42. The molecular weight excluding hydrogens is 212 g/mol. The lowest BCUT2D eigenvalue weighted by atomic mass is 9.87. The molecule has 0 saturated carbocycles. The molecule has 0 amide bonds. The number of methoxy groups -OCH3 is 1. The van der Waals surface area contributed by atoms with Crippen LogP contribution in [0.3, 0.4) is 0 Å². The monoisotopic (exact) mass is 234 g/mol. The zero-order valence-electron chi connectivity index (χ0n) is 10.9. The molecule has 1 aromatic carbocycles. The molecule has 0 radical (unpaired) electrons. The maximum absolute atomic E-state index is 10.4. The first kappa shape index (κ1) is 12.4. The number of ether oxygens (including phenoxy) is 1. The van der Waals surface area contributed by atoms with Gasteiger partial charge < -0.3 is 9.84 Å². The Morgan fingerprint density at radius 3 is 2.76 bits per heavy atom. The van der Waals surface area contributed by atoms with E-state index < -0.39 is 0 Å². The van der Waals surface area contributed by atoms with Crippen molar-refractivity contribution in [1.29, 1.82) is 0 Å². The third-order valence-electron chi connectivity index (χ3n) is 3.96. The van der Waals surface area contributed by atoms with Gasteiger partial charge in [0.2, 0.25) is 0 Å². The first-order chi connectivity index (χ1) is 8.13. The fourth-order valence-electron chi connectivity index (χ4n) is 2.83. The van der Waals surface area contributed by atoms with Crippen LogP contribution in [-0.2, 0) is 6.42 Å². The number of benzene rings is 1. The van der Waals surface area contributed by atoms with Crippen molar-refractivity contribution in [3.05, 3.63) is 29.3 Å². The third kappa shape index (κ3) is 2.47. The van der Waals surface area contributed by atoms with Crippen molar-refractivity contribution in [2.45, 2.75) is 39.2 Å². The van der Waals surface area contributed by atoms with Gasteiger partial charge in [0.15, 0.2) is 0 Å². The van der Waals surface area contributed by atoms with E-state index in [2.05, 4.69) is 19.9 Å². The number of hydrogen-bond donors (Lipinski definition) is 1. The summed E-state index contributed by atoms with van der Waals surface area (Å²) in [5.41, 5.74) is 2.26. The molecule has 1 aliphatic carbocycles. The molecule has 0 unspecified atom stereocenters. The van der Waals surface area contributed by atoms with Crippen molar-refractivity contribution in [3.63, 3.8) is 0 Å². The highest BCUT2D eigenvalue weighted by atomic mass is 16.5. The maximum atomic E-state index is 10.4. The van der Waals surface area contributed by atoms with E-state index in [0.717, 1.165) is 30.6 Å². The maximum Gasteiger partial charge on any atom is 0.124 e. The molecule has 1 aliphatic rings. The summed E-state index contributed by atoms with van der Waals surface area (Å²) in [6.45, 7) is 4.48. The zero-order chi connectivity index (χ0) is 12.4. The number of fused-ring (bicyclic) bond motifs is 1. The molecule has 94 valence electrons. The molecule has 0 aliphatic heterocycles. The van der Waals surface area contributed by atoms with Crippen LogP contribution in [0.5, 0.6) is 5.75 Å². The molecule has 0 bridgehead atoms. The molecule has 0 saturated heterocycles. The molecular formula is C15H22O2. The van der Waals surface area contributed by atoms with Crippen molar-refractivity contribution >= 4 is 0 Å². The minimum atomic E-state index is -0.379. The molecule has 2 atom stereocenters. The van der Waals surface area contributed by atoms with Gasteiger partial charge in [-0.3, -0.25) is 0 Å². The summed E-state index contributed by atoms with van der Waals surface area (Å²) in [5.74, 6) is 2.06. The largest absolute Gasteiger partial charge is 0.496 e. The summed E-state index contributed by atoms with van der Waals surface area (Å²) in [6.07, 6.45) is 2.68. The Morgan fingerprint density at radius 2 is 2.12 bits per heavy atom. The summed E-state index contributed by atoms with van der Waals surface area (Å²) in [4.78, 5) is 0. The Kier molecular flexibility index (Phi) is 3.72. The minimum Gasteiger partial charge on any atom is -0.496 e. The summed E-state index contributed by atoms with van der Waals surface area (Å²) < 4.78 is 5.37. The first-order valence-electron chi connectivity index (χ1n) is 6.47. The van der Waals surface area contributed by atoms with Gasteiger partial charge in [0, 0.05) is 5.56 Å². The summed E-state index contributed by atoms with van der Waals surface area (Å²) >= 11 is 0. The third-order valence-corrected chi connectivity index (χ3v) is 3.96. The van der Waals surface area contributed by atoms with Crippen LogP contribution >= 0.6 is 0 Å². The zero-order valence-corrected chi connectivity index (χ0v) is 10.9. The lowest BCUT2D eigenvalue weighted by molar-refractivity contribution is 0.129. The van der Waals surface area contributed by atoms with Gasteiger partial charge >= 0.3 is 0 Å². The normalized spacial score (nSPS) is 24.3. The Labute approximate surface area is 104 Å². The highest BCUT2D eigenvalue weighted by Gasteiger charge is 2.27. The SMILES string of the molecule is COc1cccc2c1[C@H](O)C[C@H](C(C)C)CC2. The molecule has 2 heteroatoms. The average molecular weight is 234 g/mol. The Hall–Kier alpha value is -1.02. The van der Waals surface area contributed by atoms with E-state index in [4.69, 9.17) is 4.74 Å². The number of aliphatic hydroxyl groups excluding tert-OH is 1. The van der Waals surface area contributed by atoms with Crippen molar-refractivity contribution < 1.29 is 9.84 Å². The van der Waals surface area contributed by atoms with Gasteiger partial charge in [0.25, 0.3) is 0 Å². The van der Waals surface area contributed by atoms with E-state index >= 15 is 0 Å². The van der Waals surface area contributed by atoms with Crippen LogP contribution in [0.15, 0.2) is 18.2 Å². The van der Waals surface area contributed by atoms with Crippen LogP contribution < -0.4 is 4.74 Å². The van der Waals surface area contributed by atoms with E-state index in [-0.39, 0.29) is 6.10 Å². The molecule has 17 heavy (non-hydrogen) atoms. The molecule has 0 aromatic heterocycles. The summed E-state index contributed by atoms with van der Waals surface area (Å²) in [7, 11) is 1.67. The molecule has 2 nitrogen and oxygen atoms in total. The fourth-order valence-corrected chi connectivity index (χ4v) is 2.83. The molecule has 0 fully saturated rings. The highest BCUT2D eigenvalue weighted by Crippen LogP contribution is 2.39. The van der Waals surface area contributed by atoms with Crippen LogP contribution in [-0.4, -0.2) is 12.2 Å². The quantitative estimate of drug-likeness (QED) is 0.795. The predicted molar refractivity (Wildman–Crippen MR) is 69.2 cm³/mol. The van der Waals surface area contributed by atoms with Crippen molar-refractivity contribution in [2.75, 3.05) is 7.11 Å². The standard InChI is InChI=1S/C15H22O2/c1-10(2)12-8-7-11-5-4-6-14(17-3)15(11)13(16)9-12/h4-6,10,12-13,16H,7-9H2,1-3H3/t12-,13-/m1/s1. The van der Waals surface area contributed by atoms with E-state index in [1.807, 2.05) is 12.1 Å². The smallest absolute Gasteiger partial charge is 0.124 e. The van der Waals surface area contributed by atoms with Crippen molar-refractivity contribution in [2.24, 2.45) is 11.8 Å². The van der Waals surface area contributed by atoms with E-state index in [9.17, 15) is 5.11 Å². The molecule has 2 rings (SSSR count). The van der Waals surface area contributed by atoms with Gasteiger partial charge in [0.1, 0.15) is 5.75 Å². The van der Waals surface area contributed by atoms with E-state index in [1.165, 1.54) is 5.56 Å². The van der Waals surface area contributed by atoms with Crippen LogP contribution in [0.25, 0.3) is 0 Å². The molecule has 0 spiro atoms. The van der Waals surface area contributed by atoms with E-state index in [1.54, 1.807) is 7.11 Å². The van der Waals surface area contributed by atoms with Crippen LogP contribution in [0, 0.1) is 11.8 Å². The van der Waals surface area contributed by atoms with Crippen molar-refractivity contribution in [1.82, 2.24) is 0 Å². The first-order valence-corrected chi connectivity index (χ1v) is 6.47. The van der Waals surface area contributed by atoms with Gasteiger partial charge in [-0.05, 0) is 42.7 Å². The number of aliphatic hydroxyl groups is 1. The molecule has 1 N–H and O–H groups in total. The van der Waals surface area contributed by atoms with Crippen LogP contribution in [0.2, 0.25) is 0 Å². The molecule has 1 aromatic rings. The second kappa shape index (κ2) is 5.09. The average Bonchev–Trinajstić information content (AvgIpc) is 2.49. The second-order valence-corrected chi connectivity index (χ2v) is 5.33. The lowest BCUT2D eigenvalue weighted by Gasteiger charge is -2.21. The minimum absolute atomic E-state index is 0.379. The van der Waals surface area contributed by atoms with Gasteiger partial charge in [-0.1, -0.05) is 26.0 Å². The Morgan fingerprint density at radius 1 is 1.35 bits per heavy atom. The topological polar surface area (TPSA) is 29.5 Å². The van der Waals surface area contributed by atoms with Gasteiger partial charge in [-0.15, -0.1) is 0 Å². The van der Waals surface area contributed by atoms with Gasteiger partial charge in [-0.2, -0.15) is 0 Å². The van der Waals surface area contributed by atoms with Gasteiger partial charge in [-0.25, -0.2) is 0 Å². The summed E-state index contributed by atoms with van der Waals surface area (Å²) in [5, 5.41) is 10.4. The second-order valence-electron chi connectivity index (χ2n) is 5.33. The Bertz CT molecular complexity index is 385. The Balaban J connectivity index is 2.34. The van der Waals surface area contributed by atoms with Crippen molar-refractivity contribution in [3.8, 4) is 5.75 Å². The van der Waals surface area contributed by atoms with Crippen LogP contribution in [0.4, 0.5) is 0 Å². The number of hydrogen-bond acceptors (Lipinski definition) is 2. The van der Waals surface area contributed by atoms with E-state index in [0.29, 0.717) is 11.8 Å². The van der Waals surface area contributed by atoms with Crippen LogP contribution in [0.1, 0.15) is 43.9 Å². The predicted octanol–water partition coefficient (Wildman–Crippen LogP) is 3.34. The molecule has 0 heterocycles. The fraction of sp³-hybridized carbons (Fsp3) is 0.600. The summed E-state index contributed by atoms with van der Waals surface area (Å²) in [6, 6.07) is 6.07. The number of rotatable bonds is 2. The lowest BCUT2D eigenvalue weighted by Crippen LogP contribution is -2.11. The number of aryl methyl sites for hydroxylation is 1.